The van der Waals surface area contributed by atoms with Crippen molar-refractivity contribution in [1.29, 1.82) is 0 Å². The van der Waals surface area contributed by atoms with Crippen LogP contribution in [0.25, 0.3) is 22.1 Å². The molecule has 1 N–H and O–H groups in total. The largest absolute Gasteiger partial charge is 0.416 e. The average Bonchev–Trinajstić information content (AvgIpc) is 3.45. The quantitative estimate of drug-likeness (QED) is 0.139. The summed E-state index contributed by atoms with van der Waals surface area (Å²) < 4.78 is 42.1. The Kier molecular flexibility index (Phi) is 7.94. The molecular weight excluding hydrogens is 637 g/mol. The molecule has 0 saturated heterocycles. The number of thioether (sulfide) groups is 1. The van der Waals surface area contributed by atoms with Gasteiger partial charge in [0.25, 0.3) is 0 Å². The van der Waals surface area contributed by atoms with E-state index in [1.165, 1.54) is 12.3 Å². The van der Waals surface area contributed by atoms with Gasteiger partial charge in [0, 0.05) is 38.9 Å². The smallest absolute Gasteiger partial charge is 0.320 e. The Balaban J connectivity index is 1.26. The van der Waals surface area contributed by atoms with Crippen molar-refractivity contribution in [3.05, 3.63) is 80.7 Å². The molecule has 3 heterocycles. The molecule has 39 heavy (non-hydrogen) atoms. The van der Waals surface area contributed by atoms with Crippen LogP contribution in [0.15, 0.2) is 64.9 Å². The number of fused-ring (bicyclic) bond motifs is 3. The third kappa shape index (κ3) is 6.11. The van der Waals surface area contributed by atoms with Gasteiger partial charge in [0.1, 0.15) is 5.52 Å². The molecule has 0 atom stereocenters. The number of alkyl halides is 3. The molecule has 0 unspecified atom stereocenters. The second-order valence-corrected chi connectivity index (χ2v) is 11.7. The lowest BCUT2D eigenvalue weighted by Gasteiger charge is -2.09. The summed E-state index contributed by atoms with van der Waals surface area (Å²) in [6.07, 6.45) is -1.04. The molecule has 5 rings (SSSR count). The number of nitrogens with zero attached hydrogens (tertiary/aromatic N) is 5. The van der Waals surface area contributed by atoms with Gasteiger partial charge in [0.05, 0.1) is 16.8 Å². The van der Waals surface area contributed by atoms with E-state index in [1.807, 2.05) is 22.8 Å². The van der Waals surface area contributed by atoms with Crippen molar-refractivity contribution >= 4 is 83.7 Å². The van der Waals surface area contributed by atoms with Crippen LogP contribution in [0.1, 0.15) is 16.0 Å². The average molecular weight is 654 g/mol. The van der Waals surface area contributed by atoms with Gasteiger partial charge in [-0.1, -0.05) is 45.4 Å². The van der Waals surface area contributed by atoms with Gasteiger partial charge < -0.3 is 9.88 Å². The first-order chi connectivity index (χ1) is 18.6. The molecule has 3 aromatic heterocycles. The molecule has 14 heteroatoms. The van der Waals surface area contributed by atoms with Crippen molar-refractivity contribution < 1.29 is 18.0 Å². The maximum absolute atomic E-state index is 13.1. The summed E-state index contributed by atoms with van der Waals surface area (Å²) in [4.78, 5) is 22.0. The number of nitrogens with one attached hydrogen (secondary N) is 1. The van der Waals surface area contributed by atoms with Crippen LogP contribution in [-0.2, 0) is 23.9 Å². The number of aromatic nitrogens is 5. The first-order valence-electron chi connectivity index (χ1n) is 11.3. The number of amides is 1. The number of hydrogen-bond donors (Lipinski definition) is 1. The number of halogens is 5. The van der Waals surface area contributed by atoms with Crippen molar-refractivity contribution in [2.24, 2.45) is 0 Å². The fourth-order valence-corrected chi connectivity index (χ4v) is 5.87. The number of benzene rings is 2. The highest BCUT2D eigenvalue weighted by Crippen LogP contribution is 2.34. The summed E-state index contributed by atoms with van der Waals surface area (Å²) in [5.74, 6) is -0.327. The highest BCUT2D eigenvalue weighted by Gasteiger charge is 2.31. The number of rotatable bonds is 8. The summed E-state index contributed by atoms with van der Waals surface area (Å²) in [6, 6.07) is 9.05. The van der Waals surface area contributed by atoms with Crippen LogP contribution in [0.3, 0.4) is 0 Å². The standard InChI is InChI=1S/C25H17BrClF3N6OS2/c1-2-7-36-19-6-4-15(26)10-17(19)21-22(36)33-24(35-34-21)38-12-20(37)32-23-31-11-16(39-23)9-13-8-14(25(28,29)30)3-5-18(13)27/h2-6,8,10-11H,1,7,9,12H2,(H,31,32,37). The van der Waals surface area contributed by atoms with E-state index in [4.69, 9.17) is 11.6 Å². The van der Waals surface area contributed by atoms with Crippen LogP contribution in [0, 0.1) is 0 Å². The van der Waals surface area contributed by atoms with Crippen molar-refractivity contribution in [3.8, 4) is 0 Å². The molecule has 2 aromatic carbocycles. The van der Waals surface area contributed by atoms with Crippen LogP contribution in [0.2, 0.25) is 5.02 Å². The van der Waals surface area contributed by atoms with Crippen molar-refractivity contribution in [3.63, 3.8) is 0 Å². The molecule has 5 aromatic rings. The summed E-state index contributed by atoms with van der Waals surface area (Å²) in [5.41, 5.74) is 1.78. The van der Waals surface area contributed by atoms with Crippen LogP contribution in [0.4, 0.5) is 18.3 Å². The number of carbonyl (C=O) groups is 1. The Labute approximate surface area is 241 Å². The maximum Gasteiger partial charge on any atom is 0.416 e. The molecule has 0 aliphatic rings. The van der Waals surface area contributed by atoms with Crippen LogP contribution < -0.4 is 5.32 Å². The Morgan fingerprint density at radius 2 is 2.05 bits per heavy atom. The number of anilines is 1. The zero-order valence-electron chi connectivity index (χ0n) is 19.8. The van der Waals surface area contributed by atoms with E-state index in [1.54, 1.807) is 6.08 Å². The van der Waals surface area contributed by atoms with E-state index in [0.29, 0.717) is 38.4 Å². The first kappa shape index (κ1) is 27.6. The van der Waals surface area contributed by atoms with E-state index in [0.717, 1.165) is 50.6 Å². The van der Waals surface area contributed by atoms with E-state index < -0.39 is 11.7 Å². The number of hydrogen-bond acceptors (Lipinski definition) is 7. The molecular formula is C25H17BrClF3N6OS2. The molecule has 7 nitrogen and oxygen atoms in total. The predicted molar refractivity (Wildman–Crippen MR) is 151 cm³/mol. The number of carbonyl (C=O) groups excluding carboxylic acids is 1. The Bertz CT molecular complexity index is 1720. The minimum atomic E-state index is -4.47. The van der Waals surface area contributed by atoms with Gasteiger partial charge >= 0.3 is 6.18 Å². The SMILES string of the molecule is C=CCn1c2ccc(Br)cc2c2nnc(SCC(=O)Nc3ncc(Cc4cc(C(F)(F)F)ccc4Cl)s3)nc21. The lowest BCUT2D eigenvalue weighted by molar-refractivity contribution is -0.137. The van der Waals surface area contributed by atoms with Gasteiger partial charge in [-0.2, -0.15) is 13.2 Å². The van der Waals surface area contributed by atoms with Gasteiger partial charge in [-0.15, -0.1) is 28.1 Å². The Hall–Kier alpha value is -3.00. The molecule has 0 radical (unpaired) electrons. The van der Waals surface area contributed by atoms with Gasteiger partial charge in [0.2, 0.25) is 11.1 Å². The van der Waals surface area contributed by atoms with Gasteiger partial charge in [-0.25, -0.2) is 9.97 Å². The Morgan fingerprint density at radius 3 is 2.82 bits per heavy atom. The minimum absolute atomic E-state index is 0.00872. The van der Waals surface area contributed by atoms with Crippen molar-refractivity contribution in [2.45, 2.75) is 24.3 Å². The lowest BCUT2D eigenvalue weighted by atomic mass is 10.1. The van der Waals surface area contributed by atoms with Crippen LogP contribution in [-0.4, -0.2) is 36.4 Å². The molecule has 0 spiro atoms. The zero-order valence-corrected chi connectivity index (χ0v) is 23.8. The summed E-state index contributed by atoms with van der Waals surface area (Å²) in [5, 5.41) is 13.0. The molecule has 0 saturated carbocycles. The van der Waals surface area contributed by atoms with Gasteiger partial charge in [-0.05, 0) is 42.0 Å². The first-order valence-corrected chi connectivity index (χ1v) is 14.3. The van der Waals surface area contributed by atoms with E-state index >= 15 is 0 Å². The van der Waals surface area contributed by atoms with Crippen LogP contribution in [0.5, 0.6) is 0 Å². The molecule has 0 aliphatic carbocycles. The molecule has 1 amide bonds. The number of thiazole rings is 1. The maximum atomic E-state index is 13.1. The number of allylic oxidation sites excluding steroid dienone is 1. The third-order valence-electron chi connectivity index (χ3n) is 5.59. The zero-order chi connectivity index (χ0) is 27.7. The molecule has 200 valence electrons. The molecule has 0 fully saturated rings. The summed E-state index contributed by atoms with van der Waals surface area (Å²) in [6.45, 7) is 4.35. The fraction of sp³-hybridized carbons (Fsp3) is 0.160. The fourth-order valence-electron chi connectivity index (χ4n) is 3.90. The topological polar surface area (TPSA) is 85.6 Å². The second kappa shape index (κ2) is 11.2. The van der Waals surface area contributed by atoms with Crippen molar-refractivity contribution in [2.75, 3.05) is 11.1 Å². The molecule has 0 bridgehead atoms. The van der Waals surface area contributed by atoms with Gasteiger partial charge in [0.15, 0.2) is 10.8 Å². The van der Waals surface area contributed by atoms with E-state index in [2.05, 4.69) is 48.0 Å². The van der Waals surface area contributed by atoms with Crippen LogP contribution >= 0.6 is 50.6 Å². The normalized spacial score (nSPS) is 11.8. The van der Waals surface area contributed by atoms with E-state index in [-0.39, 0.29) is 23.1 Å². The predicted octanol–water partition coefficient (Wildman–Crippen LogP) is 7.38. The highest BCUT2D eigenvalue weighted by atomic mass is 79.9. The highest BCUT2D eigenvalue weighted by molar-refractivity contribution is 9.10. The van der Waals surface area contributed by atoms with E-state index in [9.17, 15) is 18.0 Å². The minimum Gasteiger partial charge on any atom is -0.320 e. The molecule has 0 aliphatic heterocycles. The third-order valence-corrected chi connectivity index (χ3v) is 8.20. The van der Waals surface area contributed by atoms with Gasteiger partial charge in [-0.3, -0.25) is 4.79 Å². The summed E-state index contributed by atoms with van der Waals surface area (Å²) in [7, 11) is 0. The van der Waals surface area contributed by atoms with Crippen molar-refractivity contribution in [1.82, 2.24) is 24.7 Å². The Morgan fingerprint density at radius 1 is 1.23 bits per heavy atom. The summed E-state index contributed by atoms with van der Waals surface area (Å²) >= 11 is 11.9. The second-order valence-electron chi connectivity index (χ2n) is 8.28. The lowest BCUT2D eigenvalue weighted by Crippen LogP contribution is -2.14. The monoisotopic (exact) mass is 652 g/mol.